The highest BCUT2D eigenvalue weighted by atomic mass is 16.5. The van der Waals surface area contributed by atoms with E-state index < -0.39 is 0 Å². The summed E-state index contributed by atoms with van der Waals surface area (Å²) in [5.41, 5.74) is 3.55. The van der Waals surface area contributed by atoms with Crippen LogP contribution < -0.4 is 15.5 Å². The number of carbonyl (C=O) groups excluding carboxylic acids is 2. The van der Waals surface area contributed by atoms with Crippen LogP contribution in [0.4, 0.5) is 16.3 Å². The Balaban J connectivity index is 1.46. The molecule has 2 fully saturated rings. The molecule has 3 heterocycles. The Kier molecular flexibility index (Phi) is 5.88. The lowest BCUT2D eigenvalue weighted by Crippen LogP contribution is -2.44. The van der Waals surface area contributed by atoms with Gasteiger partial charge in [-0.25, -0.2) is 14.8 Å². The number of anilines is 2. The molecule has 33 heavy (non-hydrogen) atoms. The standard InChI is InChI=1S/C24H30N6O3/c1-3-25-24(32)26-18-8-6-16(7-9-18)21-27-20-13-29(23(31)17-4-5-17)12-19(20)22(28-21)30-10-11-33-14-15(30)2/h6-9,15,17H,3-5,10-14H2,1-2H3,(H2,25,26,32). The molecule has 1 aromatic carbocycles. The van der Waals surface area contributed by atoms with E-state index in [1.807, 2.05) is 36.1 Å². The number of rotatable bonds is 5. The maximum Gasteiger partial charge on any atom is 0.319 e. The molecule has 2 N–H and O–H groups in total. The van der Waals surface area contributed by atoms with Crippen LogP contribution in [-0.4, -0.2) is 59.2 Å². The van der Waals surface area contributed by atoms with Gasteiger partial charge < -0.3 is 25.2 Å². The Morgan fingerprint density at radius 1 is 1.15 bits per heavy atom. The first-order valence-electron chi connectivity index (χ1n) is 11.7. The number of carbonyl (C=O) groups is 2. The maximum atomic E-state index is 12.8. The van der Waals surface area contributed by atoms with Crippen molar-refractivity contribution in [3.05, 3.63) is 35.5 Å². The van der Waals surface area contributed by atoms with E-state index in [1.165, 1.54) is 0 Å². The lowest BCUT2D eigenvalue weighted by molar-refractivity contribution is -0.133. The van der Waals surface area contributed by atoms with Gasteiger partial charge in [0.05, 0.1) is 38.0 Å². The van der Waals surface area contributed by atoms with E-state index in [9.17, 15) is 9.59 Å². The van der Waals surface area contributed by atoms with Crippen molar-refractivity contribution in [1.82, 2.24) is 20.2 Å². The first-order chi connectivity index (χ1) is 16.0. The Morgan fingerprint density at radius 2 is 1.94 bits per heavy atom. The molecule has 1 aromatic heterocycles. The fourth-order valence-corrected chi connectivity index (χ4v) is 4.43. The van der Waals surface area contributed by atoms with Gasteiger partial charge in [-0.15, -0.1) is 0 Å². The highest BCUT2D eigenvalue weighted by molar-refractivity contribution is 5.89. The quantitative estimate of drug-likeness (QED) is 0.727. The zero-order valence-electron chi connectivity index (χ0n) is 19.1. The number of fused-ring (bicyclic) bond motifs is 1. The maximum absolute atomic E-state index is 12.8. The largest absolute Gasteiger partial charge is 0.377 e. The van der Waals surface area contributed by atoms with Gasteiger partial charge in [0.25, 0.3) is 0 Å². The molecule has 5 rings (SSSR count). The van der Waals surface area contributed by atoms with Crippen LogP contribution >= 0.6 is 0 Å². The van der Waals surface area contributed by atoms with Crippen molar-refractivity contribution in [3.8, 4) is 11.4 Å². The second-order valence-electron chi connectivity index (χ2n) is 8.94. The van der Waals surface area contributed by atoms with Crippen molar-refractivity contribution in [2.24, 2.45) is 5.92 Å². The van der Waals surface area contributed by atoms with Crippen LogP contribution in [0.25, 0.3) is 11.4 Å². The van der Waals surface area contributed by atoms with Gasteiger partial charge in [-0.05, 0) is 51.0 Å². The molecule has 1 saturated heterocycles. The molecule has 1 saturated carbocycles. The summed E-state index contributed by atoms with van der Waals surface area (Å²) < 4.78 is 5.64. The van der Waals surface area contributed by atoms with Crippen LogP contribution in [0.1, 0.15) is 37.9 Å². The van der Waals surface area contributed by atoms with Gasteiger partial charge in [0.1, 0.15) is 5.82 Å². The van der Waals surface area contributed by atoms with Crippen LogP contribution in [-0.2, 0) is 22.6 Å². The van der Waals surface area contributed by atoms with Crippen LogP contribution in [0.5, 0.6) is 0 Å². The first kappa shape index (κ1) is 21.6. The molecule has 0 bridgehead atoms. The van der Waals surface area contributed by atoms with E-state index in [1.54, 1.807) is 0 Å². The minimum atomic E-state index is -0.233. The predicted octanol–water partition coefficient (Wildman–Crippen LogP) is 2.76. The monoisotopic (exact) mass is 450 g/mol. The number of amides is 3. The summed E-state index contributed by atoms with van der Waals surface area (Å²) in [4.78, 5) is 38.6. The lowest BCUT2D eigenvalue weighted by Gasteiger charge is -2.35. The molecule has 2 aliphatic heterocycles. The molecule has 1 unspecified atom stereocenters. The van der Waals surface area contributed by atoms with Crippen LogP contribution in [0.15, 0.2) is 24.3 Å². The number of aromatic nitrogens is 2. The molecule has 1 aliphatic carbocycles. The van der Waals surface area contributed by atoms with Gasteiger partial charge in [-0.2, -0.15) is 0 Å². The number of nitrogens with one attached hydrogen (secondary N) is 2. The number of hydrogen-bond donors (Lipinski definition) is 2. The number of nitrogens with zero attached hydrogens (tertiary/aromatic N) is 4. The van der Waals surface area contributed by atoms with Crippen LogP contribution in [0, 0.1) is 5.92 Å². The second kappa shape index (κ2) is 8.97. The molecular weight excluding hydrogens is 420 g/mol. The van der Waals surface area contributed by atoms with Crippen molar-refractivity contribution >= 4 is 23.4 Å². The van der Waals surface area contributed by atoms with Crippen LogP contribution in [0.3, 0.4) is 0 Å². The first-order valence-corrected chi connectivity index (χ1v) is 11.7. The Morgan fingerprint density at radius 3 is 2.64 bits per heavy atom. The van der Waals surface area contributed by atoms with Gasteiger partial charge in [-0.3, -0.25) is 4.79 Å². The van der Waals surface area contributed by atoms with Gasteiger partial charge in [0.2, 0.25) is 5.91 Å². The SMILES string of the molecule is CCNC(=O)Nc1ccc(-c2nc3c(c(N4CCOCC4C)n2)CN(C(=O)C2CC2)C3)cc1. The molecule has 9 heteroatoms. The van der Waals surface area contributed by atoms with E-state index in [4.69, 9.17) is 14.7 Å². The molecule has 2 aromatic rings. The van der Waals surface area contributed by atoms with Gasteiger partial charge >= 0.3 is 6.03 Å². The summed E-state index contributed by atoms with van der Waals surface area (Å²) in [7, 11) is 0. The second-order valence-corrected chi connectivity index (χ2v) is 8.94. The van der Waals surface area contributed by atoms with Gasteiger partial charge in [0.15, 0.2) is 5.82 Å². The third kappa shape index (κ3) is 4.50. The smallest absolute Gasteiger partial charge is 0.319 e. The van der Waals surface area contributed by atoms with Crippen molar-refractivity contribution < 1.29 is 14.3 Å². The number of ether oxygens (including phenoxy) is 1. The molecular formula is C24H30N6O3. The Labute approximate surface area is 193 Å². The fraction of sp³-hybridized carbons (Fsp3) is 0.500. The van der Waals surface area contributed by atoms with Crippen molar-refractivity contribution in [1.29, 1.82) is 0 Å². The Hall–Kier alpha value is -3.20. The van der Waals surface area contributed by atoms with E-state index in [2.05, 4.69) is 22.5 Å². The predicted molar refractivity (Wildman–Crippen MR) is 125 cm³/mol. The average Bonchev–Trinajstić information content (AvgIpc) is 3.57. The topological polar surface area (TPSA) is 99.7 Å². The number of hydrogen-bond acceptors (Lipinski definition) is 6. The van der Waals surface area contributed by atoms with Crippen molar-refractivity contribution in [2.75, 3.05) is 36.5 Å². The minimum absolute atomic E-state index is 0.183. The number of morpholine rings is 1. The van der Waals surface area contributed by atoms with E-state index in [0.29, 0.717) is 44.4 Å². The molecule has 174 valence electrons. The summed E-state index contributed by atoms with van der Waals surface area (Å²) in [6.45, 7) is 7.74. The van der Waals surface area contributed by atoms with E-state index in [0.717, 1.165) is 42.0 Å². The van der Waals surface area contributed by atoms with E-state index >= 15 is 0 Å². The normalized spacial score (nSPS) is 19.9. The third-order valence-electron chi connectivity index (χ3n) is 6.38. The molecule has 1 atom stereocenters. The zero-order chi connectivity index (χ0) is 22.9. The summed E-state index contributed by atoms with van der Waals surface area (Å²) >= 11 is 0. The molecule has 9 nitrogen and oxygen atoms in total. The summed E-state index contributed by atoms with van der Waals surface area (Å²) in [6, 6.07) is 7.49. The highest BCUT2D eigenvalue weighted by Gasteiger charge is 2.38. The number of urea groups is 1. The highest BCUT2D eigenvalue weighted by Crippen LogP contribution is 2.37. The summed E-state index contributed by atoms with van der Waals surface area (Å²) in [5, 5.41) is 5.53. The molecule has 0 radical (unpaired) electrons. The number of benzene rings is 1. The summed E-state index contributed by atoms with van der Waals surface area (Å²) in [5.74, 6) is 1.95. The van der Waals surface area contributed by atoms with Gasteiger partial charge in [-0.1, -0.05) is 0 Å². The van der Waals surface area contributed by atoms with Gasteiger partial charge in [0, 0.05) is 35.8 Å². The zero-order valence-corrected chi connectivity index (χ0v) is 19.1. The Bertz CT molecular complexity index is 1050. The third-order valence-corrected chi connectivity index (χ3v) is 6.38. The molecule has 3 aliphatic rings. The van der Waals surface area contributed by atoms with Crippen LogP contribution in [0.2, 0.25) is 0 Å². The van der Waals surface area contributed by atoms with E-state index in [-0.39, 0.29) is 23.9 Å². The van der Waals surface area contributed by atoms with Crippen molar-refractivity contribution in [3.63, 3.8) is 0 Å². The molecule has 3 amide bonds. The van der Waals surface area contributed by atoms with Crippen molar-refractivity contribution in [2.45, 2.75) is 45.8 Å². The average molecular weight is 451 g/mol. The summed E-state index contributed by atoms with van der Waals surface area (Å²) in [6.07, 6.45) is 1.99. The lowest BCUT2D eigenvalue weighted by atomic mass is 10.1. The fourth-order valence-electron chi connectivity index (χ4n) is 4.43. The minimum Gasteiger partial charge on any atom is -0.377 e. The molecule has 0 spiro atoms.